The van der Waals surface area contributed by atoms with Crippen LogP contribution in [-0.2, 0) is 4.79 Å². The van der Waals surface area contributed by atoms with Crippen molar-refractivity contribution >= 4 is 5.91 Å². The Bertz CT molecular complexity index is 250. The van der Waals surface area contributed by atoms with Gasteiger partial charge in [0.05, 0.1) is 0 Å². The van der Waals surface area contributed by atoms with Crippen LogP contribution in [0, 0.1) is 5.92 Å². The standard InChI is InChI=1S/C15H31N3O/c1-3-4-9-18-10-7-14(8-11-18)17-15(19)6-5-13(2)12-16/h13-14H,3-12,16H2,1-2H3,(H,17,19). The van der Waals surface area contributed by atoms with Gasteiger partial charge in [-0.05, 0) is 44.7 Å². The molecule has 1 unspecified atom stereocenters. The van der Waals surface area contributed by atoms with Crippen LogP contribution in [-0.4, -0.2) is 43.0 Å². The molecule has 4 nitrogen and oxygen atoms in total. The molecular formula is C15H31N3O. The summed E-state index contributed by atoms with van der Waals surface area (Å²) >= 11 is 0. The number of rotatable bonds is 8. The summed E-state index contributed by atoms with van der Waals surface area (Å²) in [6.07, 6.45) is 6.26. The number of nitrogens with two attached hydrogens (primary N) is 1. The van der Waals surface area contributed by atoms with Crippen molar-refractivity contribution in [3.63, 3.8) is 0 Å². The van der Waals surface area contributed by atoms with Crippen LogP contribution in [0.1, 0.15) is 52.4 Å². The second-order valence-electron chi connectivity index (χ2n) is 5.92. The summed E-state index contributed by atoms with van der Waals surface area (Å²) in [7, 11) is 0. The monoisotopic (exact) mass is 269 g/mol. The van der Waals surface area contributed by atoms with Crippen molar-refractivity contribution in [2.45, 2.75) is 58.4 Å². The average Bonchev–Trinajstić information content (AvgIpc) is 2.44. The SMILES string of the molecule is CCCCN1CCC(NC(=O)CCC(C)CN)CC1. The zero-order valence-corrected chi connectivity index (χ0v) is 12.7. The van der Waals surface area contributed by atoms with E-state index in [-0.39, 0.29) is 5.91 Å². The molecule has 1 fully saturated rings. The highest BCUT2D eigenvalue weighted by atomic mass is 16.1. The lowest BCUT2D eigenvalue weighted by atomic mass is 10.0. The molecule has 0 saturated carbocycles. The summed E-state index contributed by atoms with van der Waals surface area (Å²) in [5.74, 6) is 0.647. The van der Waals surface area contributed by atoms with E-state index in [1.165, 1.54) is 19.4 Å². The minimum Gasteiger partial charge on any atom is -0.353 e. The fourth-order valence-electron chi connectivity index (χ4n) is 2.48. The van der Waals surface area contributed by atoms with Crippen LogP contribution >= 0.6 is 0 Å². The fourth-order valence-corrected chi connectivity index (χ4v) is 2.48. The van der Waals surface area contributed by atoms with Crippen molar-refractivity contribution < 1.29 is 4.79 Å². The van der Waals surface area contributed by atoms with Gasteiger partial charge in [0, 0.05) is 25.6 Å². The normalized spacial score (nSPS) is 19.3. The number of hydrogen-bond donors (Lipinski definition) is 2. The molecule has 19 heavy (non-hydrogen) atoms. The van der Waals surface area contributed by atoms with Gasteiger partial charge >= 0.3 is 0 Å². The number of carbonyl (C=O) groups is 1. The molecule has 0 spiro atoms. The van der Waals surface area contributed by atoms with Crippen LogP contribution in [0.3, 0.4) is 0 Å². The maximum atomic E-state index is 11.8. The van der Waals surface area contributed by atoms with Gasteiger partial charge in [-0.25, -0.2) is 0 Å². The van der Waals surface area contributed by atoms with Crippen LogP contribution in [0.15, 0.2) is 0 Å². The predicted octanol–water partition coefficient (Wildman–Crippen LogP) is 1.74. The van der Waals surface area contributed by atoms with Crippen molar-refractivity contribution in [1.29, 1.82) is 0 Å². The quantitative estimate of drug-likeness (QED) is 0.706. The summed E-state index contributed by atoms with van der Waals surface area (Å²) in [6, 6.07) is 0.388. The lowest BCUT2D eigenvalue weighted by Gasteiger charge is -2.32. The molecule has 1 aliphatic heterocycles. The van der Waals surface area contributed by atoms with Gasteiger partial charge in [0.25, 0.3) is 0 Å². The summed E-state index contributed by atoms with van der Waals surface area (Å²) in [5.41, 5.74) is 5.56. The molecule has 1 rings (SSSR count). The van der Waals surface area contributed by atoms with Crippen molar-refractivity contribution in [3.8, 4) is 0 Å². The number of unbranched alkanes of at least 4 members (excludes halogenated alkanes) is 1. The Labute approximate surface area is 118 Å². The van der Waals surface area contributed by atoms with Crippen molar-refractivity contribution in [1.82, 2.24) is 10.2 Å². The molecule has 3 N–H and O–H groups in total. The first-order chi connectivity index (χ1) is 9.15. The second kappa shape index (κ2) is 9.32. The number of nitrogens with one attached hydrogen (secondary N) is 1. The van der Waals surface area contributed by atoms with E-state index in [0.717, 1.165) is 32.4 Å². The van der Waals surface area contributed by atoms with Gasteiger partial charge in [0.15, 0.2) is 0 Å². The highest BCUT2D eigenvalue weighted by Crippen LogP contribution is 2.12. The Balaban J connectivity index is 2.12. The van der Waals surface area contributed by atoms with E-state index >= 15 is 0 Å². The minimum atomic E-state index is 0.201. The number of hydrogen-bond acceptors (Lipinski definition) is 3. The number of piperidine rings is 1. The molecule has 1 heterocycles. The summed E-state index contributed by atoms with van der Waals surface area (Å²) < 4.78 is 0. The van der Waals surface area contributed by atoms with Crippen molar-refractivity contribution in [2.24, 2.45) is 11.7 Å². The third kappa shape index (κ3) is 6.92. The predicted molar refractivity (Wildman–Crippen MR) is 80.0 cm³/mol. The largest absolute Gasteiger partial charge is 0.353 e. The number of likely N-dealkylation sites (tertiary alicyclic amines) is 1. The topological polar surface area (TPSA) is 58.4 Å². The zero-order chi connectivity index (χ0) is 14.1. The van der Waals surface area contributed by atoms with Gasteiger partial charge in [-0.1, -0.05) is 20.3 Å². The molecular weight excluding hydrogens is 238 g/mol. The van der Waals surface area contributed by atoms with Crippen molar-refractivity contribution in [2.75, 3.05) is 26.2 Å². The van der Waals surface area contributed by atoms with E-state index in [2.05, 4.69) is 24.1 Å². The minimum absolute atomic E-state index is 0.201. The molecule has 1 atom stereocenters. The van der Waals surface area contributed by atoms with Crippen LogP contribution in [0.25, 0.3) is 0 Å². The Morgan fingerprint density at radius 1 is 1.42 bits per heavy atom. The number of nitrogens with zero attached hydrogens (tertiary/aromatic N) is 1. The third-order valence-electron chi connectivity index (χ3n) is 4.05. The summed E-state index contributed by atoms with van der Waals surface area (Å²) in [4.78, 5) is 14.3. The lowest BCUT2D eigenvalue weighted by molar-refractivity contribution is -0.122. The van der Waals surface area contributed by atoms with E-state index in [4.69, 9.17) is 5.73 Å². The van der Waals surface area contributed by atoms with Gasteiger partial charge in [-0.2, -0.15) is 0 Å². The van der Waals surface area contributed by atoms with Crippen LogP contribution < -0.4 is 11.1 Å². The maximum Gasteiger partial charge on any atom is 0.220 e. The first-order valence-corrected chi connectivity index (χ1v) is 7.87. The molecule has 1 aliphatic rings. The number of amides is 1. The second-order valence-corrected chi connectivity index (χ2v) is 5.92. The molecule has 0 aromatic carbocycles. The van der Waals surface area contributed by atoms with E-state index in [0.29, 0.717) is 24.9 Å². The molecule has 0 radical (unpaired) electrons. The van der Waals surface area contributed by atoms with E-state index in [1.807, 2.05) is 0 Å². The summed E-state index contributed by atoms with van der Waals surface area (Å²) in [5, 5.41) is 3.17. The molecule has 0 bridgehead atoms. The van der Waals surface area contributed by atoms with Gasteiger partial charge in [0.2, 0.25) is 5.91 Å². The Morgan fingerprint density at radius 2 is 2.11 bits per heavy atom. The zero-order valence-electron chi connectivity index (χ0n) is 12.7. The highest BCUT2D eigenvalue weighted by molar-refractivity contribution is 5.76. The first kappa shape index (κ1) is 16.4. The lowest BCUT2D eigenvalue weighted by Crippen LogP contribution is -2.44. The van der Waals surface area contributed by atoms with Crippen LogP contribution in [0.5, 0.6) is 0 Å². The van der Waals surface area contributed by atoms with Gasteiger partial charge in [-0.15, -0.1) is 0 Å². The van der Waals surface area contributed by atoms with Gasteiger partial charge in [-0.3, -0.25) is 4.79 Å². The molecule has 1 saturated heterocycles. The molecule has 4 heteroatoms. The van der Waals surface area contributed by atoms with E-state index in [1.54, 1.807) is 0 Å². The Kier molecular flexibility index (Phi) is 8.07. The van der Waals surface area contributed by atoms with Gasteiger partial charge < -0.3 is 16.0 Å². The molecule has 1 amide bonds. The average molecular weight is 269 g/mol. The Morgan fingerprint density at radius 3 is 2.68 bits per heavy atom. The summed E-state index contributed by atoms with van der Waals surface area (Å²) in [6.45, 7) is 8.47. The maximum absolute atomic E-state index is 11.8. The van der Waals surface area contributed by atoms with Crippen LogP contribution in [0.2, 0.25) is 0 Å². The smallest absolute Gasteiger partial charge is 0.220 e. The van der Waals surface area contributed by atoms with E-state index < -0.39 is 0 Å². The molecule has 0 aliphatic carbocycles. The number of carbonyl (C=O) groups excluding carboxylic acids is 1. The highest BCUT2D eigenvalue weighted by Gasteiger charge is 2.20. The van der Waals surface area contributed by atoms with Crippen molar-refractivity contribution in [3.05, 3.63) is 0 Å². The van der Waals surface area contributed by atoms with E-state index in [9.17, 15) is 4.79 Å². The van der Waals surface area contributed by atoms with Crippen LogP contribution in [0.4, 0.5) is 0 Å². The molecule has 0 aromatic heterocycles. The molecule has 112 valence electrons. The fraction of sp³-hybridized carbons (Fsp3) is 0.933. The first-order valence-electron chi connectivity index (χ1n) is 7.87. The Hall–Kier alpha value is -0.610. The third-order valence-corrected chi connectivity index (χ3v) is 4.05. The molecule has 0 aromatic rings. The van der Waals surface area contributed by atoms with Gasteiger partial charge in [0.1, 0.15) is 0 Å².